The van der Waals surface area contributed by atoms with Crippen molar-refractivity contribution in [2.75, 3.05) is 0 Å². The van der Waals surface area contributed by atoms with Gasteiger partial charge in [0.15, 0.2) is 5.94 Å². The van der Waals surface area contributed by atoms with Crippen molar-refractivity contribution in [3.63, 3.8) is 0 Å². The van der Waals surface area contributed by atoms with E-state index in [2.05, 4.69) is 10.1 Å². The number of nitrogens with one attached hydrogen (secondary N) is 1. The van der Waals surface area contributed by atoms with Gasteiger partial charge in [0.2, 0.25) is 0 Å². The van der Waals surface area contributed by atoms with Gasteiger partial charge in [0.05, 0.1) is 0 Å². The Morgan fingerprint density at radius 3 is 2.75 bits per heavy atom. The molecule has 0 atom stereocenters. The zero-order chi connectivity index (χ0) is 5.11. The van der Waals surface area contributed by atoms with Crippen molar-refractivity contribution in [3.8, 4) is 0 Å². The third-order valence-electron chi connectivity index (χ3n) is 0.561. The van der Waals surface area contributed by atoms with Gasteiger partial charge in [-0.3, -0.25) is 0 Å². The van der Waals surface area contributed by atoms with Crippen molar-refractivity contribution in [2.24, 2.45) is 0 Å². The molecule has 4 nitrogen and oxygen atoms in total. The highest BCUT2D eigenvalue weighted by Gasteiger charge is 1.96. The predicted molar refractivity (Wildman–Crippen MR) is 26.2 cm³/mol. The van der Waals surface area contributed by atoms with E-state index in [1.807, 2.05) is 0 Å². The van der Waals surface area contributed by atoms with Gasteiger partial charge in [-0.25, -0.2) is 4.79 Å². The van der Waals surface area contributed by atoms with E-state index in [-0.39, 0.29) is 11.4 Å². The summed E-state index contributed by atoms with van der Waals surface area (Å²) < 4.78 is 4.50. The Kier molecular flexibility index (Phi) is 2.40. The van der Waals surface area contributed by atoms with Crippen LogP contribution in [0.2, 0.25) is 0 Å². The second-order valence-corrected chi connectivity index (χ2v) is 0.996. The molecule has 3 N–H and O–H groups in total. The highest BCUT2D eigenvalue weighted by molar-refractivity contribution is 5.49. The van der Waals surface area contributed by atoms with Gasteiger partial charge in [0.1, 0.15) is 6.26 Å². The van der Waals surface area contributed by atoms with Crippen molar-refractivity contribution < 1.29 is 15.0 Å². The van der Waals surface area contributed by atoms with E-state index >= 15 is 0 Å². The lowest BCUT2D eigenvalue weighted by Crippen LogP contribution is -1.98. The fourth-order valence-electron chi connectivity index (χ4n) is 0.299. The summed E-state index contributed by atoms with van der Waals surface area (Å²) in [5.74, 6) is 1.66. The minimum Gasteiger partial charge on any atom is -0.438 e. The fraction of sp³-hybridized carbons (Fsp3) is 0. The van der Waals surface area contributed by atoms with Crippen LogP contribution in [0.25, 0.3) is 0 Å². The molecule has 1 aliphatic heterocycles. The van der Waals surface area contributed by atoms with Crippen LogP contribution in [0.3, 0.4) is 0 Å². The average Bonchev–Trinajstić information content (AvgIpc) is 2.14. The van der Waals surface area contributed by atoms with Gasteiger partial charge in [-0.1, -0.05) is 0 Å². The molecule has 0 bridgehead atoms. The molecule has 1 aliphatic rings. The Morgan fingerprint density at radius 1 is 1.75 bits per heavy atom. The first-order chi connectivity index (χ1) is 3.43. The molecule has 0 amide bonds. The highest BCUT2D eigenvalue weighted by Crippen LogP contribution is 1.93. The Morgan fingerprint density at radius 2 is 2.50 bits per heavy atom. The largest absolute Gasteiger partial charge is 0.438 e. The van der Waals surface area contributed by atoms with E-state index in [9.17, 15) is 4.79 Å². The summed E-state index contributed by atoms with van der Waals surface area (Å²) in [5, 5.41) is 2.50. The van der Waals surface area contributed by atoms with Crippen LogP contribution in [-0.4, -0.2) is 11.4 Å². The molecule has 0 unspecified atom stereocenters. The summed E-state index contributed by atoms with van der Waals surface area (Å²) in [6.07, 6.45) is 2.89. The van der Waals surface area contributed by atoms with Crippen molar-refractivity contribution in [2.45, 2.75) is 0 Å². The van der Waals surface area contributed by atoms with Gasteiger partial charge in [0.25, 0.3) is 5.88 Å². The number of ether oxygens (including phenoxy) is 1. The van der Waals surface area contributed by atoms with Crippen LogP contribution in [0.15, 0.2) is 18.3 Å². The Hall–Kier alpha value is -1.25. The minimum atomic E-state index is 0. The van der Waals surface area contributed by atoms with E-state index in [0.717, 1.165) is 0 Å². The molecule has 0 saturated heterocycles. The van der Waals surface area contributed by atoms with Crippen molar-refractivity contribution in [1.29, 1.82) is 0 Å². The summed E-state index contributed by atoms with van der Waals surface area (Å²) >= 11 is 0. The molecule has 0 aromatic heterocycles. The van der Waals surface area contributed by atoms with Crippen molar-refractivity contribution in [3.05, 3.63) is 18.3 Å². The lowest BCUT2D eigenvalue weighted by atomic mass is 10.9. The van der Waals surface area contributed by atoms with Crippen LogP contribution in [0, 0.1) is 0 Å². The zero-order valence-corrected chi connectivity index (χ0v) is 3.97. The number of rotatable bonds is 0. The number of hydrogen-bond acceptors (Lipinski definition) is 3. The molecule has 0 aromatic carbocycles. The molecule has 0 fully saturated rings. The Bertz CT molecular complexity index is 135. The molecule has 8 heavy (non-hydrogen) atoms. The molecule has 0 radical (unpaired) electrons. The lowest BCUT2D eigenvalue weighted by molar-refractivity contribution is 0.359. The van der Waals surface area contributed by atoms with Gasteiger partial charge < -0.3 is 15.5 Å². The summed E-state index contributed by atoms with van der Waals surface area (Å²) in [7, 11) is 0. The summed E-state index contributed by atoms with van der Waals surface area (Å²) in [6.45, 7) is 0. The third-order valence-corrected chi connectivity index (χ3v) is 0.561. The first-order valence-corrected chi connectivity index (χ1v) is 1.77. The second-order valence-electron chi connectivity index (χ2n) is 0.996. The monoisotopic (exact) mass is 115 g/mol. The smallest absolute Gasteiger partial charge is 0.284 e. The molecular weight excluding hydrogens is 110 g/mol. The first kappa shape index (κ1) is 6.75. The predicted octanol–water partition coefficient (Wildman–Crippen LogP) is -1.07. The maximum Gasteiger partial charge on any atom is 0.284 e. The normalized spacial score (nSPS) is 13.2. The quantitative estimate of drug-likeness (QED) is 0.408. The second kappa shape index (κ2) is 2.85. The molecule has 1 rings (SSSR count). The molecule has 44 valence electrons. The summed E-state index contributed by atoms with van der Waals surface area (Å²) in [4.78, 5) is 9.62. The maximum atomic E-state index is 9.62. The van der Waals surface area contributed by atoms with Crippen molar-refractivity contribution >= 4 is 5.94 Å². The first-order valence-electron chi connectivity index (χ1n) is 1.77. The van der Waals surface area contributed by atoms with Gasteiger partial charge in [-0.2, -0.15) is 0 Å². The summed E-state index contributed by atoms with van der Waals surface area (Å²) in [5.41, 5.74) is 0. The molecule has 0 saturated carbocycles. The molecule has 0 spiro atoms. The van der Waals surface area contributed by atoms with E-state index in [4.69, 9.17) is 0 Å². The van der Waals surface area contributed by atoms with Crippen LogP contribution in [0.1, 0.15) is 0 Å². The van der Waals surface area contributed by atoms with Crippen LogP contribution < -0.4 is 5.32 Å². The zero-order valence-electron chi connectivity index (χ0n) is 3.97. The van der Waals surface area contributed by atoms with E-state index in [1.165, 1.54) is 18.4 Å². The van der Waals surface area contributed by atoms with Crippen LogP contribution in [0.5, 0.6) is 0 Å². The van der Waals surface area contributed by atoms with E-state index in [0.29, 0.717) is 0 Å². The lowest BCUT2D eigenvalue weighted by Gasteiger charge is -1.85. The topological polar surface area (TPSA) is 69.8 Å². The van der Waals surface area contributed by atoms with Gasteiger partial charge in [-0.15, -0.1) is 0 Å². The minimum absolute atomic E-state index is 0. The number of hydrogen-bond donors (Lipinski definition) is 1. The Balaban J connectivity index is 0.000000490. The number of carbonyl (C=O) groups excluding carboxylic acids is 1. The standard InChI is InChI=1S/C4H3NO2.H2O/c6-3-4-5-1-2-7-4;/h1-2,5H;1H2. The van der Waals surface area contributed by atoms with Gasteiger partial charge in [-0.05, 0) is 0 Å². The molecule has 0 aliphatic carbocycles. The average molecular weight is 115 g/mol. The SMILES string of the molecule is O.O=C=C1NC=CO1. The molecular formula is C4H5NO3. The van der Waals surface area contributed by atoms with Crippen LogP contribution >= 0.6 is 0 Å². The van der Waals surface area contributed by atoms with Crippen LogP contribution in [0.4, 0.5) is 0 Å². The molecule has 1 heterocycles. The van der Waals surface area contributed by atoms with Gasteiger partial charge in [0, 0.05) is 6.20 Å². The van der Waals surface area contributed by atoms with Crippen molar-refractivity contribution in [1.82, 2.24) is 5.32 Å². The fourth-order valence-corrected chi connectivity index (χ4v) is 0.299. The summed E-state index contributed by atoms with van der Waals surface area (Å²) in [6, 6.07) is 0. The highest BCUT2D eigenvalue weighted by atomic mass is 16.5. The van der Waals surface area contributed by atoms with Gasteiger partial charge >= 0.3 is 0 Å². The van der Waals surface area contributed by atoms with E-state index in [1.54, 1.807) is 0 Å². The Labute approximate surface area is 45.8 Å². The molecule has 0 aromatic rings. The molecule has 4 heteroatoms. The maximum absolute atomic E-state index is 9.62. The third kappa shape index (κ3) is 1.11. The van der Waals surface area contributed by atoms with E-state index < -0.39 is 0 Å². The van der Waals surface area contributed by atoms with Crippen LogP contribution in [-0.2, 0) is 9.53 Å².